The van der Waals surface area contributed by atoms with Crippen LogP contribution in [0.2, 0.25) is 0 Å². The van der Waals surface area contributed by atoms with Crippen LogP contribution in [0.25, 0.3) is 0 Å². The largest absolute Gasteiger partial charge is 0.394 e. The topological polar surface area (TPSA) is 70.1 Å². The maximum absolute atomic E-state index is 9.28. The lowest BCUT2D eigenvalue weighted by Crippen LogP contribution is -2.35. The van der Waals surface area contributed by atoms with E-state index in [-0.39, 0.29) is 12.1 Å². The van der Waals surface area contributed by atoms with Crippen molar-refractivity contribution in [2.45, 2.75) is 46.1 Å². The van der Waals surface area contributed by atoms with Crippen molar-refractivity contribution in [3.05, 3.63) is 11.9 Å². The SMILES string of the molecule is CCCc1nc(NCC)cc(NC(C)(C)CO)n1. The molecule has 1 aromatic heterocycles. The first-order valence-corrected chi connectivity index (χ1v) is 6.51. The number of nitrogens with one attached hydrogen (secondary N) is 2. The molecule has 3 N–H and O–H groups in total. The van der Waals surface area contributed by atoms with Crippen molar-refractivity contribution < 1.29 is 5.11 Å². The van der Waals surface area contributed by atoms with Crippen molar-refractivity contribution >= 4 is 11.6 Å². The number of rotatable bonds is 7. The minimum absolute atomic E-state index is 0.0522. The lowest BCUT2D eigenvalue weighted by atomic mass is 10.1. The van der Waals surface area contributed by atoms with Crippen molar-refractivity contribution in [3.8, 4) is 0 Å². The van der Waals surface area contributed by atoms with Crippen LogP contribution < -0.4 is 10.6 Å². The summed E-state index contributed by atoms with van der Waals surface area (Å²) >= 11 is 0. The molecule has 1 heterocycles. The van der Waals surface area contributed by atoms with Gasteiger partial charge in [-0.25, -0.2) is 9.97 Å². The Morgan fingerprint density at radius 3 is 2.44 bits per heavy atom. The summed E-state index contributed by atoms with van der Waals surface area (Å²) in [5, 5.41) is 15.7. The van der Waals surface area contributed by atoms with E-state index >= 15 is 0 Å². The van der Waals surface area contributed by atoms with Gasteiger partial charge in [-0.05, 0) is 27.2 Å². The molecule has 0 saturated heterocycles. The minimum Gasteiger partial charge on any atom is -0.394 e. The van der Waals surface area contributed by atoms with Crippen LogP contribution in [-0.2, 0) is 6.42 Å². The Kier molecular flexibility index (Phi) is 5.34. The van der Waals surface area contributed by atoms with Crippen molar-refractivity contribution in [1.82, 2.24) is 9.97 Å². The summed E-state index contributed by atoms with van der Waals surface area (Å²) in [7, 11) is 0. The first-order chi connectivity index (χ1) is 8.50. The van der Waals surface area contributed by atoms with E-state index in [1.165, 1.54) is 0 Å². The molecule has 0 amide bonds. The van der Waals surface area contributed by atoms with E-state index in [1.54, 1.807) is 0 Å². The van der Waals surface area contributed by atoms with Gasteiger partial charge in [0.2, 0.25) is 0 Å². The molecule has 0 aliphatic carbocycles. The van der Waals surface area contributed by atoms with E-state index < -0.39 is 0 Å². The molecule has 5 heteroatoms. The van der Waals surface area contributed by atoms with Gasteiger partial charge in [0.1, 0.15) is 17.5 Å². The fourth-order valence-corrected chi connectivity index (χ4v) is 1.55. The van der Waals surface area contributed by atoms with Gasteiger partial charge in [0.25, 0.3) is 0 Å². The summed E-state index contributed by atoms with van der Waals surface area (Å²) in [6, 6.07) is 1.88. The Bertz CT molecular complexity index is 355. The van der Waals surface area contributed by atoms with Gasteiger partial charge in [-0.1, -0.05) is 6.92 Å². The molecule has 0 radical (unpaired) electrons. The van der Waals surface area contributed by atoms with Crippen LogP contribution >= 0.6 is 0 Å². The molecule has 0 aromatic carbocycles. The number of nitrogens with zero attached hydrogens (tertiary/aromatic N) is 2. The van der Waals surface area contributed by atoms with Crippen LogP contribution in [0.5, 0.6) is 0 Å². The van der Waals surface area contributed by atoms with Gasteiger partial charge in [0, 0.05) is 19.0 Å². The number of anilines is 2. The Hall–Kier alpha value is -1.36. The molecule has 0 aliphatic heterocycles. The third-order valence-corrected chi connectivity index (χ3v) is 2.47. The Morgan fingerprint density at radius 1 is 1.22 bits per heavy atom. The Labute approximate surface area is 109 Å². The summed E-state index contributed by atoms with van der Waals surface area (Å²) in [5.41, 5.74) is -0.388. The molecule has 0 fully saturated rings. The first kappa shape index (κ1) is 14.7. The highest BCUT2D eigenvalue weighted by Crippen LogP contribution is 2.16. The van der Waals surface area contributed by atoms with Gasteiger partial charge in [-0.3, -0.25) is 0 Å². The molecular weight excluding hydrogens is 228 g/mol. The van der Waals surface area contributed by atoms with Crippen LogP contribution in [0.3, 0.4) is 0 Å². The number of aromatic nitrogens is 2. The fraction of sp³-hybridized carbons (Fsp3) is 0.692. The van der Waals surface area contributed by atoms with Crippen molar-refractivity contribution in [2.75, 3.05) is 23.8 Å². The quantitative estimate of drug-likeness (QED) is 0.693. The van der Waals surface area contributed by atoms with Crippen LogP contribution in [0.1, 0.15) is 39.9 Å². The van der Waals surface area contributed by atoms with Gasteiger partial charge in [0.05, 0.1) is 12.1 Å². The molecular formula is C13H24N4O. The van der Waals surface area contributed by atoms with E-state index in [4.69, 9.17) is 0 Å². The Balaban J connectivity index is 2.95. The van der Waals surface area contributed by atoms with Crippen LogP contribution in [0, 0.1) is 0 Å². The smallest absolute Gasteiger partial charge is 0.133 e. The molecule has 1 aromatic rings. The zero-order valence-electron chi connectivity index (χ0n) is 11.7. The van der Waals surface area contributed by atoms with Crippen molar-refractivity contribution in [3.63, 3.8) is 0 Å². The number of hydrogen-bond acceptors (Lipinski definition) is 5. The summed E-state index contributed by atoms with van der Waals surface area (Å²) in [5.74, 6) is 2.41. The highest BCUT2D eigenvalue weighted by molar-refractivity contribution is 5.48. The van der Waals surface area contributed by atoms with Gasteiger partial charge in [-0.2, -0.15) is 0 Å². The van der Waals surface area contributed by atoms with E-state index in [9.17, 15) is 5.11 Å². The van der Waals surface area contributed by atoms with E-state index in [0.29, 0.717) is 0 Å². The molecule has 0 unspecified atom stereocenters. The lowest BCUT2D eigenvalue weighted by molar-refractivity contribution is 0.234. The first-order valence-electron chi connectivity index (χ1n) is 6.51. The molecule has 0 atom stereocenters. The Morgan fingerprint density at radius 2 is 1.89 bits per heavy atom. The summed E-state index contributed by atoms with van der Waals surface area (Å²) in [6.07, 6.45) is 1.87. The molecule has 102 valence electrons. The zero-order chi connectivity index (χ0) is 13.6. The van der Waals surface area contributed by atoms with Crippen LogP contribution in [0.4, 0.5) is 11.6 Å². The van der Waals surface area contributed by atoms with Crippen molar-refractivity contribution in [2.24, 2.45) is 0 Å². The highest BCUT2D eigenvalue weighted by atomic mass is 16.3. The predicted molar refractivity (Wildman–Crippen MR) is 75.0 cm³/mol. The molecule has 0 spiro atoms. The molecule has 0 saturated carbocycles. The highest BCUT2D eigenvalue weighted by Gasteiger charge is 2.17. The number of aryl methyl sites for hydroxylation is 1. The minimum atomic E-state index is -0.388. The van der Waals surface area contributed by atoms with Gasteiger partial charge < -0.3 is 15.7 Å². The standard InChI is InChI=1S/C13H24N4O/c1-5-7-10-15-11(14-6-2)8-12(16-10)17-13(3,4)9-18/h8,18H,5-7,9H2,1-4H3,(H2,14,15,16,17). The fourth-order valence-electron chi connectivity index (χ4n) is 1.55. The number of hydrogen-bond donors (Lipinski definition) is 3. The second-order valence-electron chi connectivity index (χ2n) is 5.00. The molecule has 18 heavy (non-hydrogen) atoms. The van der Waals surface area contributed by atoms with E-state index in [2.05, 4.69) is 27.5 Å². The third-order valence-electron chi connectivity index (χ3n) is 2.47. The van der Waals surface area contributed by atoms with Gasteiger partial charge in [0.15, 0.2) is 0 Å². The van der Waals surface area contributed by atoms with Gasteiger partial charge >= 0.3 is 0 Å². The zero-order valence-corrected chi connectivity index (χ0v) is 11.7. The molecule has 0 bridgehead atoms. The maximum Gasteiger partial charge on any atom is 0.133 e. The maximum atomic E-state index is 9.28. The molecule has 5 nitrogen and oxygen atoms in total. The van der Waals surface area contributed by atoms with E-state index in [0.717, 1.165) is 36.8 Å². The second kappa shape index (κ2) is 6.54. The second-order valence-corrected chi connectivity index (χ2v) is 5.00. The molecule has 0 aliphatic rings. The average molecular weight is 252 g/mol. The summed E-state index contributed by atoms with van der Waals surface area (Å²) < 4.78 is 0. The predicted octanol–water partition coefficient (Wildman–Crippen LogP) is 2.04. The number of aliphatic hydroxyl groups is 1. The monoisotopic (exact) mass is 252 g/mol. The third kappa shape index (κ3) is 4.49. The molecule has 1 rings (SSSR count). The van der Waals surface area contributed by atoms with Crippen molar-refractivity contribution in [1.29, 1.82) is 0 Å². The summed E-state index contributed by atoms with van der Waals surface area (Å²) in [6.45, 7) is 8.88. The van der Waals surface area contributed by atoms with E-state index in [1.807, 2.05) is 26.8 Å². The van der Waals surface area contributed by atoms with Gasteiger partial charge in [-0.15, -0.1) is 0 Å². The lowest BCUT2D eigenvalue weighted by Gasteiger charge is -2.24. The normalized spacial score (nSPS) is 11.4. The van der Waals surface area contributed by atoms with Crippen LogP contribution in [0.15, 0.2) is 6.07 Å². The summed E-state index contributed by atoms with van der Waals surface area (Å²) in [4.78, 5) is 8.91. The number of aliphatic hydroxyl groups excluding tert-OH is 1. The average Bonchev–Trinajstić information content (AvgIpc) is 2.29. The van der Waals surface area contributed by atoms with Crippen LogP contribution in [-0.4, -0.2) is 33.8 Å².